The predicted molar refractivity (Wildman–Crippen MR) is 206 cm³/mol. The molecule has 2 bridgehead atoms. The first kappa shape index (κ1) is 29.2. The number of nitrogens with two attached hydrogens (primary N) is 1. The maximum atomic E-state index is 7.23. The Morgan fingerprint density at radius 2 is 1.51 bits per heavy atom. The van der Waals surface area contributed by atoms with Gasteiger partial charge in [0.2, 0.25) is 5.96 Å². The highest BCUT2D eigenvalue weighted by molar-refractivity contribution is 6.24. The van der Waals surface area contributed by atoms with Crippen LogP contribution in [0, 0.1) is 0 Å². The summed E-state index contributed by atoms with van der Waals surface area (Å²) in [5, 5.41) is 8.40. The van der Waals surface area contributed by atoms with Gasteiger partial charge in [0.1, 0.15) is 6.17 Å². The Kier molecular flexibility index (Phi) is 7.14. The topological polar surface area (TPSA) is 58.6 Å². The minimum absolute atomic E-state index is 0.343. The van der Waals surface area contributed by atoms with Crippen molar-refractivity contribution in [3.63, 3.8) is 0 Å². The lowest BCUT2D eigenvalue weighted by Crippen LogP contribution is -2.27. The zero-order valence-corrected chi connectivity index (χ0v) is 27.5. The van der Waals surface area contributed by atoms with Crippen molar-refractivity contribution in [2.75, 3.05) is 11.9 Å². The summed E-state index contributed by atoms with van der Waals surface area (Å²) in [6, 6.07) is 47.2. The van der Waals surface area contributed by atoms with Gasteiger partial charge in [-0.1, -0.05) is 127 Å². The molecule has 5 heteroatoms. The first-order valence-corrected chi connectivity index (χ1v) is 17.0. The van der Waals surface area contributed by atoms with Crippen LogP contribution in [0.1, 0.15) is 41.3 Å². The third kappa shape index (κ3) is 4.93. The number of allylic oxidation sites excluding steroid dienone is 4. The van der Waals surface area contributed by atoms with E-state index in [1.165, 1.54) is 55.4 Å². The summed E-state index contributed by atoms with van der Waals surface area (Å²) in [5.74, 6) is 0.452. The molecule has 1 unspecified atom stereocenters. The molecule has 6 aromatic carbocycles. The Labute approximate surface area is 286 Å². The lowest BCUT2D eigenvalue weighted by molar-refractivity contribution is 0.552. The molecule has 0 amide bonds. The number of aromatic nitrogens is 1. The predicted octanol–water partition coefficient (Wildman–Crippen LogP) is 9.94. The van der Waals surface area contributed by atoms with Crippen molar-refractivity contribution in [3.05, 3.63) is 168 Å². The lowest BCUT2D eigenvalue weighted by Gasteiger charge is -2.31. The summed E-state index contributed by atoms with van der Waals surface area (Å²) in [6.07, 6.45) is 6.44. The largest absolute Gasteiger partial charge is 0.369 e. The molecule has 1 aliphatic carbocycles. The molecular formula is C44H37N5. The molecule has 7 aromatic rings. The van der Waals surface area contributed by atoms with E-state index in [-0.39, 0.29) is 6.17 Å². The molecule has 0 spiro atoms. The summed E-state index contributed by atoms with van der Waals surface area (Å²) < 4.78 is 2.19. The van der Waals surface area contributed by atoms with E-state index in [2.05, 4.69) is 155 Å². The molecule has 1 aromatic heterocycles. The van der Waals surface area contributed by atoms with Gasteiger partial charge in [-0.15, -0.1) is 0 Å². The van der Waals surface area contributed by atoms with Crippen molar-refractivity contribution in [3.8, 4) is 0 Å². The number of para-hydroxylation sites is 2. The highest BCUT2D eigenvalue weighted by Crippen LogP contribution is 2.48. The molecule has 0 radical (unpaired) electrons. The molecule has 49 heavy (non-hydrogen) atoms. The van der Waals surface area contributed by atoms with Crippen molar-refractivity contribution in [1.29, 1.82) is 0 Å². The molecular weight excluding hydrogens is 599 g/mol. The number of rotatable bonds is 5. The van der Waals surface area contributed by atoms with Gasteiger partial charge in [0, 0.05) is 52.3 Å². The Morgan fingerprint density at radius 1 is 0.776 bits per heavy atom. The number of anilines is 2. The standard InChI is InChI=1S/C44H37N5/c1-48-37-21-10-8-19-34(37)32-17-12-18-33(27-32)40-39(48)26-24-30-23-25-36-35-20-9-11-22-38(35)49(42(36)41(30)40)44(45)47-43(31-15-6-3-7-16-31)46-28-29-13-4-2-5-14-29/h2-11,13-17,19-27,43,46H,12,18,28H2,1H3,(H2,45,47). The summed E-state index contributed by atoms with van der Waals surface area (Å²) in [5.41, 5.74) is 19.2. The third-order valence-electron chi connectivity index (χ3n) is 10.1. The van der Waals surface area contributed by atoms with Crippen LogP contribution < -0.4 is 16.0 Å². The second kappa shape index (κ2) is 12.0. The molecule has 3 N–H and O–H groups in total. The molecule has 0 saturated heterocycles. The maximum absolute atomic E-state index is 7.23. The van der Waals surface area contributed by atoms with E-state index in [0.29, 0.717) is 12.5 Å². The van der Waals surface area contributed by atoms with E-state index in [4.69, 9.17) is 10.7 Å². The molecule has 1 atom stereocenters. The third-order valence-corrected chi connectivity index (χ3v) is 10.1. The van der Waals surface area contributed by atoms with Gasteiger partial charge >= 0.3 is 0 Å². The Balaban J connectivity index is 1.31. The average molecular weight is 636 g/mol. The Bertz CT molecular complexity index is 2470. The monoisotopic (exact) mass is 635 g/mol. The molecule has 0 fully saturated rings. The summed E-state index contributed by atoms with van der Waals surface area (Å²) >= 11 is 0. The van der Waals surface area contributed by atoms with Gasteiger partial charge in [-0.25, -0.2) is 4.99 Å². The number of benzene rings is 6. The van der Waals surface area contributed by atoms with Crippen LogP contribution in [-0.4, -0.2) is 17.6 Å². The van der Waals surface area contributed by atoms with E-state index < -0.39 is 0 Å². The van der Waals surface area contributed by atoms with Gasteiger partial charge in [-0.05, 0) is 58.7 Å². The van der Waals surface area contributed by atoms with Crippen LogP contribution >= 0.6 is 0 Å². The highest BCUT2D eigenvalue weighted by atomic mass is 15.2. The van der Waals surface area contributed by atoms with E-state index in [9.17, 15) is 0 Å². The van der Waals surface area contributed by atoms with Crippen molar-refractivity contribution < 1.29 is 0 Å². The molecule has 9 rings (SSSR count). The molecule has 238 valence electrons. The molecule has 0 saturated carbocycles. The van der Waals surface area contributed by atoms with E-state index in [1.807, 2.05) is 12.1 Å². The van der Waals surface area contributed by atoms with Crippen LogP contribution in [0.4, 0.5) is 11.4 Å². The van der Waals surface area contributed by atoms with Crippen molar-refractivity contribution in [2.45, 2.75) is 25.6 Å². The minimum Gasteiger partial charge on any atom is -0.369 e. The normalized spacial score (nSPS) is 15.0. The first-order valence-electron chi connectivity index (χ1n) is 17.0. The van der Waals surface area contributed by atoms with E-state index in [0.717, 1.165) is 34.8 Å². The Morgan fingerprint density at radius 3 is 2.37 bits per heavy atom. The summed E-state index contributed by atoms with van der Waals surface area (Å²) in [6.45, 7) is 0.665. The Hall–Kier alpha value is -5.91. The second-order valence-corrected chi connectivity index (χ2v) is 13.0. The van der Waals surface area contributed by atoms with Crippen LogP contribution in [0.25, 0.3) is 43.7 Å². The number of hydrogen-bond donors (Lipinski definition) is 2. The first-order chi connectivity index (χ1) is 24.2. The fourth-order valence-corrected chi connectivity index (χ4v) is 7.80. The summed E-state index contributed by atoms with van der Waals surface area (Å²) in [7, 11) is 2.19. The molecule has 5 nitrogen and oxygen atoms in total. The maximum Gasteiger partial charge on any atom is 0.202 e. The van der Waals surface area contributed by atoms with Crippen molar-refractivity contribution in [2.24, 2.45) is 10.7 Å². The van der Waals surface area contributed by atoms with Crippen LogP contribution in [0.3, 0.4) is 0 Å². The second-order valence-electron chi connectivity index (χ2n) is 13.0. The fourth-order valence-electron chi connectivity index (χ4n) is 7.80. The minimum atomic E-state index is -0.343. The van der Waals surface area contributed by atoms with E-state index >= 15 is 0 Å². The van der Waals surface area contributed by atoms with Gasteiger partial charge < -0.3 is 10.6 Å². The SMILES string of the molecule is CN1c2ccccc2C2=CCCC(=C2)c2c1ccc1ccc3c4ccccc4n(/C(N)=N/C(NCc4ccccc4)c4ccccc4)c3c21. The van der Waals surface area contributed by atoms with Crippen LogP contribution in [0.15, 0.2) is 151 Å². The van der Waals surface area contributed by atoms with E-state index in [1.54, 1.807) is 0 Å². The summed E-state index contributed by atoms with van der Waals surface area (Å²) in [4.78, 5) is 7.64. The van der Waals surface area contributed by atoms with Gasteiger partial charge in [0.25, 0.3) is 0 Å². The number of nitrogens with one attached hydrogen (secondary N) is 1. The van der Waals surface area contributed by atoms with Crippen molar-refractivity contribution in [1.82, 2.24) is 9.88 Å². The average Bonchev–Trinajstić information content (AvgIpc) is 3.51. The molecule has 2 aliphatic rings. The highest BCUT2D eigenvalue weighted by Gasteiger charge is 2.27. The number of nitrogens with zero attached hydrogens (tertiary/aromatic N) is 3. The zero-order valence-electron chi connectivity index (χ0n) is 27.5. The lowest BCUT2D eigenvalue weighted by atomic mass is 9.84. The molecule has 1 aliphatic heterocycles. The van der Waals surface area contributed by atoms with Gasteiger partial charge in [0.15, 0.2) is 0 Å². The van der Waals surface area contributed by atoms with Gasteiger partial charge in [-0.3, -0.25) is 9.88 Å². The number of aliphatic imine (C=N–C) groups is 1. The van der Waals surface area contributed by atoms with Crippen LogP contribution in [0.5, 0.6) is 0 Å². The van der Waals surface area contributed by atoms with Crippen LogP contribution in [0.2, 0.25) is 0 Å². The quantitative estimate of drug-likeness (QED) is 0.146. The van der Waals surface area contributed by atoms with Gasteiger partial charge in [0.05, 0.1) is 11.0 Å². The van der Waals surface area contributed by atoms with Crippen molar-refractivity contribution >= 4 is 61.1 Å². The smallest absolute Gasteiger partial charge is 0.202 e. The number of fused-ring (bicyclic) bond motifs is 11. The fraction of sp³-hybridized carbons (Fsp3) is 0.114. The van der Waals surface area contributed by atoms with Gasteiger partial charge in [-0.2, -0.15) is 0 Å². The zero-order chi connectivity index (χ0) is 32.9. The van der Waals surface area contributed by atoms with Crippen LogP contribution in [-0.2, 0) is 6.54 Å². The number of hydrogen-bond acceptors (Lipinski definition) is 3. The molecule has 2 heterocycles.